The zero-order valence-electron chi connectivity index (χ0n) is 10.7. The number of nitrogens with one attached hydrogen (secondary N) is 1. The lowest BCUT2D eigenvalue weighted by Crippen LogP contribution is -2.39. The van der Waals surface area contributed by atoms with Crippen molar-refractivity contribution in [1.82, 2.24) is 10.2 Å². The van der Waals surface area contributed by atoms with Gasteiger partial charge in [-0.05, 0) is 13.0 Å². The highest BCUT2D eigenvalue weighted by molar-refractivity contribution is 6.00. The number of benzene rings is 1. The maximum Gasteiger partial charge on any atom is 0.256 e. The van der Waals surface area contributed by atoms with Gasteiger partial charge in [-0.3, -0.25) is 9.59 Å². The van der Waals surface area contributed by atoms with Crippen molar-refractivity contribution in [2.75, 3.05) is 25.9 Å². The molecule has 3 N–H and O–H groups in total. The van der Waals surface area contributed by atoms with Gasteiger partial charge in [0.2, 0.25) is 5.91 Å². The molecule has 1 rings (SSSR count). The predicted octanol–water partition coefficient (Wildman–Crippen LogP) is 0.755. The van der Waals surface area contributed by atoms with Crippen molar-refractivity contribution in [1.29, 1.82) is 0 Å². The first-order valence-electron chi connectivity index (χ1n) is 5.65. The number of hydrogen-bond donors (Lipinski definition) is 2. The molecule has 0 aliphatic carbocycles. The number of carbonyl (C=O) groups is 2. The molecule has 0 spiro atoms. The lowest BCUT2D eigenvalue weighted by Gasteiger charge is -2.20. The van der Waals surface area contributed by atoms with Gasteiger partial charge in [0.1, 0.15) is 0 Å². The lowest BCUT2D eigenvalue weighted by molar-refractivity contribution is -0.121. The summed E-state index contributed by atoms with van der Waals surface area (Å²) in [5.41, 5.74) is 5.16. The van der Waals surface area contributed by atoms with Gasteiger partial charge >= 0.3 is 0 Å². The molecular weight excluding hydrogens is 256 g/mol. The summed E-state index contributed by atoms with van der Waals surface area (Å²) in [4.78, 5) is 24.5. The van der Waals surface area contributed by atoms with Gasteiger partial charge in [-0.25, -0.2) is 8.78 Å². The first-order valence-corrected chi connectivity index (χ1v) is 5.65. The number of halogens is 2. The minimum atomic E-state index is -1.16. The topological polar surface area (TPSA) is 75.4 Å². The number of likely N-dealkylation sites (N-methyl/N-ethyl adjacent to an activating group) is 2. The number of nitrogens with zero attached hydrogens (tertiary/aromatic N) is 1. The number of anilines is 1. The minimum Gasteiger partial charge on any atom is -0.398 e. The molecule has 7 heteroatoms. The van der Waals surface area contributed by atoms with Gasteiger partial charge in [-0.15, -0.1) is 0 Å². The Morgan fingerprint density at radius 1 is 1.32 bits per heavy atom. The number of rotatable bonds is 4. The van der Waals surface area contributed by atoms with E-state index in [2.05, 4.69) is 5.32 Å². The highest BCUT2D eigenvalue weighted by atomic mass is 19.2. The quantitative estimate of drug-likeness (QED) is 0.794. The average Bonchev–Trinajstić information content (AvgIpc) is 2.39. The number of hydrogen-bond acceptors (Lipinski definition) is 3. The van der Waals surface area contributed by atoms with Crippen LogP contribution >= 0.6 is 0 Å². The van der Waals surface area contributed by atoms with E-state index in [1.807, 2.05) is 0 Å². The Bertz CT molecular complexity index is 506. The van der Waals surface area contributed by atoms with Crippen molar-refractivity contribution in [3.63, 3.8) is 0 Å². The van der Waals surface area contributed by atoms with Crippen LogP contribution in [0.2, 0.25) is 0 Å². The van der Waals surface area contributed by atoms with Crippen LogP contribution in [0.3, 0.4) is 0 Å². The van der Waals surface area contributed by atoms with Crippen molar-refractivity contribution >= 4 is 17.5 Å². The second kappa shape index (κ2) is 6.12. The Hall–Kier alpha value is -2.18. The van der Waals surface area contributed by atoms with E-state index in [0.29, 0.717) is 0 Å². The molecule has 2 amide bonds. The molecule has 1 aromatic carbocycles. The Morgan fingerprint density at radius 2 is 1.89 bits per heavy atom. The first-order chi connectivity index (χ1) is 8.90. The first kappa shape index (κ1) is 14.9. The van der Waals surface area contributed by atoms with Crippen LogP contribution in [-0.2, 0) is 4.79 Å². The highest BCUT2D eigenvalue weighted by Crippen LogP contribution is 2.18. The average molecular weight is 271 g/mol. The Balaban J connectivity index is 3.04. The molecule has 0 saturated carbocycles. The summed E-state index contributed by atoms with van der Waals surface area (Å²) >= 11 is 0. The molecule has 0 aliphatic rings. The van der Waals surface area contributed by atoms with Crippen molar-refractivity contribution in [2.24, 2.45) is 0 Å². The van der Waals surface area contributed by atoms with E-state index in [9.17, 15) is 18.4 Å². The van der Waals surface area contributed by atoms with Gasteiger partial charge < -0.3 is 16.0 Å². The van der Waals surface area contributed by atoms with Gasteiger partial charge in [0, 0.05) is 25.3 Å². The molecule has 0 heterocycles. The number of amides is 2. The van der Waals surface area contributed by atoms with Crippen LogP contribution in [0.1, 0.15) is 17.3 Å². The smallest absolute Gasteiger partial charge is 0.256 e. The number of nitrogens with two attached hydrogens (primary N) is 1. The maximum atomic E-state index is 13.1. The third-order valence-electron chi connectivity index (χ3n) is 2.61. The van der Waals surface area contributed by atoms with Crippen LogP contribution in [-0.4, -0.2) is 36.9 Å². The molecule has 1 aromatic rings. The normalized spacial score (nSPS) is 10.1. The van der Waals surface area contributed by atoms with Gasteiger partial charge in [0.05, 0.1) is 12.1 Å². The molecule has 0 atom stereocenters. The van der Waals surface area contributed by atoms with Gasteiger partial charge in [0.15, 0.2) is 11.6 Å². The van der Waals surface area contributed by atoms with E-state index in [1.54, 1.807) is 6.92 Å². The predicted molar refractivity (Wildman–Crippen MR) is 66.4 cm³/mol. The fourth-order valence-electron chi connectivity index (χ4n) is 1.50. The molecule has 104 valence electrons. The second-order valence-electron chi connectivity index (χ2n) is 3.85. The third kappa shape index (κ3) is 3.40. The molecule has 5 nitrogen and oxygen atoms in total. The Morgan fingerprint density at radius 3 is 2.42 bits per heavy atom. The van der Waals surface area contributed by atoms with Gasteiger partial charge in [0.25, 0.3) is 5.91 Å². The summed E-state index contributed by atoms with van der Waals surface area (Å²) in [6.45, 7) is 1.73. The fraction of sp³-hybridized carbons (Fsp3) is 0.333. The molecule has 0 fully saturated rings. The largest absolute Gasteiger partial charge is 0.398 e. The molecule has 0 aromatic heterocycles. The second-order valence-corrected chi connectivity index (χ2v) is 3.85. The molecule has 0 aliphatic heterocycles. The molecule has 0 bridgehead atoms. The van der Waals surface area contributed by atoms with E-state index in [-0.39, 0.29) is 30.2 Å². The van der Waals surface area contributed by atoms with Crippen LogP contribution in [0, 0.1) is 11.6 Å². The van der Waals surface area contributed by atoms with Gasteiger partial charge in [-0.1, -0.05) is 0 Å². The fourth-order valence-corrected chi connectivity index (χ4v) is 1.50. The molecule has 0 saturated heterocycles. The monoisotopic (exact) mass is 271 g/mol. The minimum absolute atomic E-state index is 0.162. The Labute approximate surface area is 109 Å². The van der Waals surface area contributed by atoms with E-state index in [4.69, 9.17) is 5.73 Å². The summed E-state index contributed by atoms with van der Waals surface area (Å²) in [7, 11) is 1.44. The summed E-state index contributed by atoms with van der Waals surface area (Å²) in [6.07, 6.45) is 0. The summed E-state index contributed by atoms with van der Waals surface area (Å²) < 4.78 is 26.1. The van der Waals surface area contributed by atoms with Crippen molar-refractivity contribution in [2.45, 2.75) is 6.92 Å². The standard InChI is InChI=1S/C12H15F2N3O2/c1-3-17(6-11(18)16-2)12(19)7-4-8(13)9(14)5-10(7)15/h4-5H,3,6,15H2,1-2H3,(H,16,18). The summed E-state index contributed by atoms with van der Waals surface area (Å²) in [6, 6.07) is 1.48. The van der Waals surface area contributed by atoms with Crippen LogP contribution < -0.4 is 11.1 Å². The number of carbonyl (C=O) groups excluding carboxylic acids is 2. The van der Waals surface area contributed by atoms with E-state index >= 15 is 0 Å². The van der Waals surface area contributed by atoms with Crippen molar-refractivity contribution in [3.8, 4) is 0 Å². The third-order valence-corrected chi connectivity index (χ3v) is 2.61. The lowest BCUT2D eigenvalue weighted by atomic mass is 10.1. The van der Waals surface area contributed by atoms with Crippen molar-refractivity contribution in [3.05, 3.63) is 29.3 Å². The van der Waals surface area contributed by atoms with Crippen LogP contribution in [0.25, 0.3) is 0 Å². The molecular formula is C12H15F2N3O2. The van der Waals surface area contributed by atoms with E-state index in [1.165, 1.54) is 11.9 Å². The van der Waals surface area contributed by atoms with Crippen LogP contribution in [0.4, 0.5) is 14.5 Å². The summed E-state index contributed by atoms with van der Waals surface area (Å²) in [5, 5.41) is 2.37. The van der Waals surface area contributed by atoms with Gasteiger partial charge in [-0.2, -0.15) is 0 Å². The SMILES string of the molecule is CCN(CC(=O)NC)C(=O)c1cc(F)c(F)cc1N. The van der Waals surface area contributed by atoms with Crippen LogP contribution in [0.15, 0.2) is 12.1 Å². The Kier molecular flexibility index (Phi) is 4.80. The zero-order valence-corrected chi connectivity index (χ0v) is 10.7. The maximum absolute atomic E-state index is 13.1. The highest BCUT2D eigenvalue weighted by Gasteiger charge is 2.20. The van der Waals surface area contributed by atoms with Crippen LogP contribution in [0.5, 0.6) is 0 Å². The molecule has 19 heavy (non-hydrogen) atoms. The molecule has 0 radical (unpaired) electrons. The summed E-state index contributed by atoms with van der Waals surface area (Å²) in [5.74, 6) is -3.27. The zero-order chi connectivity index (χ0) is 14.6. The van der Waals surface area contributed by atoms with Crippen molar-refractivity contribution < 1.29 is 18.4 Å². The molecule has 0 unspecified atom stereocenters. The van der Waals surface area contributed by atoms with E-state index in [0.717, 1.165) is 12.1 Å². The van der Waals surface area contributed by atoms with E-state index < -0.39 is 17.5 Å². The number of nitrogen functional groups attached to an aromatic ring is 1.